The van der Waals surface area contributed by atoms with Gasteiger partial charge in [-0.3, -0.25) is 25.2 Å². The number of hydrazine groups is 1. The van der Waals surface area contributed by atoms with Gasteiger partial charge in [0.15, 0.2) is 0 Å². The quantitative estimate of drug-likeness (QED) is 0.382. The second-order valence-electron chi connectivity index (χ2n) is 6.63. The van der Waals surface area contributed by atoms with Crippen LogP contribution in [0.2, 0.25) is 0 Å². The van der Waals surface area contributed by atoms with Gasteiger partial charge in [0.1, 0.15) is 5.82 Å². The van der Waals surface area contributed by atoms with Gasteiger partial charge in [0, 0.05) is 16.8 Å². The molecule has 0 bridgehead atoms. The zero-order valence-electron chi connectivity index (χ0n) is 16.5. The van der Waals surface area contributed by atoms with Gasteiger partial charge in [0.2, 0.25) is 0 Å². The number of amides is 2. The minimum absolute atomic E-state index is 0.0679. The molecule has 3 aromatic rings. The first-order valence-electron chi connectivity index (χ1n) is 9.12. The molecule has 0 heterocycles. The van der Waals surface area contributed by atoms with Gasteiger partial charge in [-0.1, -0.05) is 12.1 Å². The first-order chi connectivity index (χ1) is 15.5. The lowest BCUT2D eigenvalue weighted by atomic mass is 10.2. The third kappa shape index (κ3) is 6.07. The number of carbonyl (C=O) groups is 2. The summed E-state index contributed by atoms with van der Waals surface area (Å²) in [5, 5.41) is 0. The van der Waals surface area contributed by atoms with E-state index in [4.69, 9.17) is 0 Å². The monoisotopic (exact) mass is 481 g/mol. The van der Waals surface area contributed by atoms with Crippen molar-refractivity contribution in [2.75, 3.05) is 4.72 Å². The van der Waals surface area contributed by atoms with Crippen molar-refractivity contribution in [3.05, 3.63) is 95.3 Å². The van der Waals surface area contributed by atoms with Gasteiger partial charge >= 0.3 is 6.18 Å². The van der Waals surface area contributed by atoms with E-state index in [1.165, 1.54) is 24.3 Å². The number of carbonyl (C=O) groups excluding carboxylic acids is 2. The average molecular weight is 481 g/mol. The highest BCUT2D eigenvalue weighted by Crippen LogP contribution is 2.31. The zero-order valence-corrected chi connectivity index (χ0v) is 17.3. The lowest BCUT2D eigenvalue weighted by molar-refractivity contribution is -0.137. The summed E-state index contributed by atoms with van der Waals surface area (Å²) in [7, 11) is -4.33. The van der Waals surface area contributed by atoms with Crippen LogP contribution in [0.25, 0.3) is 0 Å². The summed E-state index contributed by atoms with van der Waals surface area (Å²) in [6, 6.07) is 12.8. The summed E-state index contributed by atoms with van der Waals surface area (Å²) < 4.78 is 78.7. The Balaban J connectivity index is 1.72. The predicted molar refractivity (Wildman–Crippen MR) is 110 cm³/mol. The molecule has 172 valence electrons. The minimum Gasteiger partial charge on any atom is -0.280 e. The first kappa shape index (κ1) is 23.7. The molecular weight excluding hydrogens is 466 g/mol. The molecule has 3 aromatic carbocycles. The smallest absolute Gasteiger partial charge is 0.280 e. The molecule has 0 aliphatic heterocycles. The number of hydrogen-bond donors (Lipinski definition) is 3. The molecule has 0 aliphatic rings. The summed E-state index contributed by atoms with van der Waals surface area (Å²) in [6.45, 7) is 0. The fraction of sp³-hybridized carbons (Fsp3) is 0.0476. The van der Waals surface area contributed by atoms with Gasteiger partial charge in [-0.2, -0.15) is 13.2 Å². The molecule has 33 heavy (non-hydrogen) atoms. The Hall–Kier alpha value is -3.93. The van der Waals surface area contributed by atoms with E-state index in [0.717, 1.165) is 42.5 Å². The Morgan fingerprint density at radius 2 is 1.36 bits per heavy atom. The van der Waals surface area contributed by atoms with Gasteiger partial charge in [0.25, 0.3) is 21.8 Å². The summed E-state index contributed by atoms with van der Waals surface area (Å²) in [5.74, 6) is -2.15. The van der Waals surface area contributed by atoms with E-state index in [2.05, 4.69) is 10.9 Å². The van der Waals surface area contributed by atoms with E-state index in [0.29, 0.717) is 6.07 Å². The molecule has 7 nitrogen and oxygen atoms in total. The summed E-state index contributed by atoms with van der Waals surface area (Å²) >= 11 is 0. The molecule has 0 saturated heterocycles. The fourth-order valence-corrected chi connectivity index (χ4v) is 3.73. The molecule has 0 atom stereocenters. The van der Waals surface area contributed by atoms with Crippen LogP contribution in [0.15, 0.2) is 77.7 Å². The number of rotatable bonds is 5. The Bertz CT molecular complexity index is 1290. The third-order valence-corrected chi connectivity index (χ3v) is 5.62. The topological polar surface area (TPSA) is 104 Å². The summed E-state index contributed by atoms with van der Waals surface area (Å²) in [6.07, 6.45) is -4.65. The molecule has 3 rings (SSSR count). The Labute approximate surface area is 185 Å². The van der Waals surface area contributed by atoms with E-state index >= 15 is 0 Å². The van der Waals surface area contributed by atoms with Crippen molar-refractivity contribution < 1.29 is 35.6 Å². The summed E-state index contributed by atoms with van der Waals surface area (Å²) in [5.41, 5.74) is 2.76. The van der Waals surface area contributed by atoms with Crippen LogP contribution < -0.4 is 15.6 Å². The number of nitrogens with one attached hydrogen (secondary N) is 3. The van der Waals surface area contributed by atoms with Gasteiger partial charge in [-0.15, -0.1) is 0 Å². The van der Waals surface area contributed by atoms with Crippen LogP contribution >= 0.6 is 0 Å². The normalized spacial score (nSPS) is 11.5. The number of anilines is 1. The Morgan fingerprint density at radius 3 is 2.00 bits per heavy atom. The second kappa shape index (κ2) is 9.28. The minimum atomic E-state index is -4.65. The molecule has 3 N–H and O–H groups in total. The largest absolute Gasteiger partial charge is 0.416 e. The highest BCUT2D eigenvalue weighted by atomic mass is 32.2. The maximum absolute atomic E-state index is 12.9. The van der Waals surface area contributed by atoms with Gasteiger partial charge in [-0.25, -0.2) is 12.8 Å². The lowest BCUT2D eigenvalue weighted by Gasteiger charge is -2.12. The molecule has 0 aromatic heterocycles. The van der Waals surface area contributed by atoms with Gasteiger partial charge < -0.3 is 0 Å². The van der Waals surface area contributed by atoms with Crippen LogP contribution in [-0.2, 0) is 16.2 Å². The lowest BCUT2D eigenvalue weighted by Crippen LogP contribution is -2.41. The predicted octanol–water partition coefficient (Wildman–Crippen LogP) is 3.72. The van der Waals surface area contributed by atoms with Crippen molar-refractivity contribution in [3.63, 3.8) is 0 Å². The van der Waals surface area contributed by atoms with Gasteiger partial charge in [0.05, 0.1) is 10.5 Å². The second-order valence-corrected chi connectivity index (χ2v) is 8.31. The molecule has 0 radical (unpaired) electrons. The standard InChI is InChI=1S/C21H15F4N3O4S/c22-16-9-7-13(8-10-16)19(29)26-27-20(30)14-3-1-6-18(11-14)33(31,32)28-17-5-2-4-15(12-17)21(23,24)25/h1-12,28H,(H,26,29)(H,27,30). The number of alkyl halides is 3. The van der Waals surface area contributed by atoms with Crippen molar-refractivity contribution in [1.29, 1.82) is 0 Å². The maximum Gasteiger partial charge on any atom is 0.416 e. The maximum atomic E-state index is 12.9. The molecule has 0 fully saturated rings. The van der Waals surface area contributed by atoms with Crippen molar-refractivity contribution >= 4 is 27.5 Å². The van der Waals surface area contributed by atoms with E-state index in [-0.39, 0.29) is 16.8 Å². The number of hydrogen-bond acceptors (Lipinski definition) is 4. The van der Waals surface area contributed by atoms with E-state index in [9.17, 15) is 35.6 Å². The molecule has 0 unspecified atom stereocenters. The van der Waals surface area contributed by atoms with Crippen LogP contribution in [0.4, 0.5) is 23.2 Å². The highest BCUT2D eigenvalue weighted by molar-refractivity contribution is 7.92. The van der Waals surface area contributed by atoms with Crippen LogP contribution in [0, 0.1) is 5.82 Å². The van der Waals surface area contributed by atoms with Crippen molar-refractivity contribution in [2.45, 2.75) is 11.1 Å². The Kier molecular flexibility index (Phi) is 6.68. The number of benzene rings is 3. The fourth-order valence-electron chi connectivity index (χ4n) is 2.64. The molecule has 12 heteroatoms. The molecule has 2 amide bonds. The van der Waals surface area contributed by atoms with E-state index in [1.807, 2.05) is 4.72 Å². The van der Waals surface area contributed by atoms with E-state index in [1.54, 1.807) is 0 Å². The van der Waals surface area contributed by atoms with E-state index < -0.39 is 44.3 Å². The van der Waals surface area contributed by atoms with Crippen molar-refractivity contribution in [2.24, 2.45) is 0 Å². The van der Waals surface area contributed by atoms with Crippen LogP contribution in [-0.4, -0.2) is 20.2 Å². The highest BCUT2D eigenvalue weighted by Gasteiger charge is 2.30. The van der Waals surface area contributed by atoms with Crippen LogP contribution in [0.5, 0.6) is 0 Å². The average Bonchev–Trinajstić information content (AvgIpc) is 2.77. The van der Waals surface area contributed by atoms with Crippen LogP contribution in [0.1, 0.15) is 26.3 Å². The number of sulfonamides is 1. The number of halogens is 4. The van der Waals surface area contributed by atoms with Crippen molar-refractivity contribution in [3.8, 4) is 0 Å². The Morgan fingerprint density at radius 1 is 0.758 bits per heavy atom. The molecule has 0 saturated carbocycles. The zero-order chi connectivity index (χ0) is 24.2. The SMILES string of the molecule is O=C(NNC(=O)c1cccc(S(=O)(=O)Nc2cccc(C(F)(F)F)c2)c1)c1ccc(F)cc1. The molecule has 0 aliphatic carbocycles. The van der Waals surface area contributed by atoms with Crippen molar-refractivity contribution in [1.82, 2.24) is 10.9 Å². The first-order valence-corrected chi connectivity index (χ1v) is 10.6. The summed E-state index contributed by atoms with van der Waals surface area (Å²) in [4.78, 5) is 23.9. The van der Waals surface area contributed by atoms with Crippen LogP contribution in [0.3, 0.4) is 0 Å². The van der Waals surface area contributed by atoms with Gasteiger partial charge in [-0.05, 0) is 60.7 Å². The third-order valence-electron chi connectivity index (χ3n) is 4.24. The molecule has 0 spiro atoms. The molecular formula is C21H15F4N3O4S.